The van der Waals surface area contributed by atoms with Gasteiger partial charge in [0, 0.05) is 23.2 Å². The molecule has 0 bridgehead atoms. The summed E-state index contributed by atoms with van der Waals surface area (Å²) in [5.74, 6) is 0. The van der Waals surface area contributed by atoms with Crippen LogP contribution < -0.4 is 4.72 Å². The molecular weight excluding hydrogens is 366 g/mol. The van der Waals surface area contributed by atoms with Crippen molar-refractivity contribution in [2.75, 3.05) is 17.9 Å². The molecule has 0 atom stereocenters. The van der Waals surface area contributed by atoms with Crippen molar-refractivity contribution in [3.63, 3.8) is 0 Å². The van der Waals surface area contributed by atoms with Crippen molar-refractivity contribution in [2.45, 2.75) is 25.3 Å². The normalized spacial score (nSPS) is 16.0. The number of aromatic amines is 1. The van der Waals surface area contributed by atoms with Crippen LogP contribution in [0.4, 0.5) is 11.4 Å². The fourth-order valence-electron chi connectivity index (χ4n) is 3.28. The monoisotopic (exact) mass is 385 g/mol. The molecule has 27 heavy (non-hydrogen) atoms. The second-order valence-corrected chi connectivity index (χ2v) is 8.93. The molecule has 0 saturated carbocycles. The Morgan fingerprint density at radius 3 is 2.89 bits per heavy atom. The molecule has 0 radical (unpaired) electrons. The standard InChI is InChI=1S/C18H19N5O3S/c1-12-4-5-14(17-16(12)15(19-3)7-20-17)22-27(24,25)13-6-21-23(8-13)9-18(2)10-26-11-18/h4-8,20,22H,9-11H2,1-2H3. The van der Waals surface area contributed by atoms with Gasteiger partial charge in [-0.3, -0.25) is 9.40 Å². The van der Waals surface area contributed by atoms with E-state index in [1.54, 1.807) is 23.0 Å². The van der Waals surface area contributed by atoms with Gasteiger partial charge in [-0.15, -0.1) is 0 Å². The Balaban J connectivity index is 1.64. The van der Waals surface area contributed by atoms with Gasteiger partial charge in [0.2, 0.25) is 5.69 Å². The SMILES string of the molecule is [C-]#[N+]c1c[nH]c2c(NS(=O)(=O)c3cnn(CC4(C)COC4)c3)ccc(C)c12. The van der Waals surface area contributed by atoms with E-state index in [4.69, 9.17) is 11.3 Å². The summed E-state index contributed by atoms with van der Waals surface area (Å²) in [6, 6.07) is 3.49. The van der Waals surface area contributed by atoms with E-state index in [0.29, 0.717) is 36.6 Å². The van der Waals surface area contributed by atoms with Gasteiger partial charge in [0.1, 0.15) is 4.90 Å². The second-order valence-electron chi connectivity index (χ2n) is 7.25. The molecule has 2 aromatic heterocycles. The molecule has 9 heteroatoms. The Morgan fingerprint density at radius 1 is 1.44 bits per heavy atom. The van der Waals surface area contributed by atoms with E-state index < -0.39 is 10.0 Å². The highest BCUT2D eigenvalue weighted by atomic mass is 32.2. The number of H-pyrrole nitrogens is 1. The summed E-state index contributed by atoms with van der Waals surface area (Å²) in [5, 5.41) is 4.90. The van der Waals surface area contributed by atoms with Gasteiger partial charge in [-0.05, 0) is 13.0 Å². The van der Waals surface area contributed by atoms with Crippen molar-refractivity contribution in [2.24, 2.45) is 5.41 Å². The van der Waals surface area contributed by atoms with Crippen molar-refractivity contribution < 1.29 is 13.2 Å². The molecule has 3 aromatic rings. The lowest BCUT2D eigenvalue weighted by molar-refractivity contribution is -0.111. The number of hydrogen-bond acceptors (Lipinski definition) is 4. The fraction of sp³-hybridized carbons (Fsp3) is 0.333. The molecule has 1 aliphatic rings. The topological polar surface area (TPSA) is 93.4 Å². The minimum absolute atomic E-state index is 0.00991. The van der Waals surface area contributed by atoms with Gasteiger partial charge in [0.05, 0.1) is 43.7 Å². The van der Waals surface area contributed by atoms with Gasteiger partial charge in [-0.1, -0.05) is 18.6 Å². The van der Waals surface area contributed by atoms with Gasteiger partial charge in [-0.2, -0.15) is 5.10 Å². The van der Waals surface area contributed by atoms with Crippen LogP contribution in [0.5, 0.6) is 0 Å². The van der Waals surface area contributed by atoms with Crippen LogP contribution in [0.1, 0.15) is 12.5 Å². The quantitative estimate of drug-likeness (QED) is 0.660. The minimum Gasteiger partial charge on any atom is -0.380 e. The first kappa shape index (κ1) is 17.6. The van der Waals surface area contributed by atoms with Crippen LogP contribution in [0, 0.1) is 18.9 Å². The van der Waals surface area contributed by atoms with E-state index in [1.807, 2.05) is 6.92 Å². The maximum Gasteiger partial charge on any atom is 0.265 e. The number of nitrogens with one attached hydrogen (secondary N) is 2. The predicted molar refractivity (Wildman–Crippen MR) is 101 cm³/mol. The summed E-state index contributed by atoms with van der Waals surface area (Å²) in [6.07, 6.45) is 4.45. The minimum atomic E-state index is -3.80. The van der Waals surface area contributed by atoms with E-state index >= 15 is 0 Å². The number of rotatable bonds is 5. The maximum atomic E-state index is 12.8. The molecule has 3 heterocycles. The number of benzene rings is 1. The van der Waals surface area contributed by atoms with Crippen molar-refractivity contribution in [1.29, 1.82) is 0 Å². The Bertz CT molecular complexity index is 1170. The average Bonchev–Trinajstić information content (AvgIpc) is 3.23. The van der Waals surface area contributed by atoms with Gasteiger partial charge in [0.15, 0.2) is 0 Å². The lowest BCUT2D eigenvalue weighted by atomic mass is 9.89. The summed E-state index contributed by atoms with van der Waals surface area (Å²) in [7, 11) is -3.80. The molecule has 0 spiro atoms. The molecule has 1 aromatic carbocycles. The van der Waals surface area contributed by atoms with Crippen LogP contribution in [0.3, 0.4) is 0 Å². The number of aromatic nitrogens is 3. The summed E-state index contributed by atoms with van der Waals surface area (Å²) in [6.45, 7) is 13.1. The summed E-state index contributed by atoms with van der Waals surface area (Å²) < 4.78 is 35.1. The summed E-state index contributed by atoms with van der Waals surface area (Å²) in [5.41, 5.74) is 2.36. The number of sulfonamides is 1. The largest absolute Gasteiger partial charge is 0.380 e. The third-order valence-corrected chi connectivity index (χ3v) is 6.07. The number of aryl methyl sites for hydroxylation is 1. The summed E-state index contributed by atoms with van der Waals surface area (Å²) >= 11 is 0. The van der Waals surface area contributed by atoms with Crippen molar-refractivity contribution in [3.05, 3.63) is 47.7 Å². The van der Waals surface area contributed by atoms with E-state index in [1.165, 1.54) is 12.4 Å². The van der Waals surface area contributed by atoms with Crippen LogP contribution in [0.2, 0.25) is 0 Å². The molecule has 140 valence electrons. The third-order valence-electron chi connectivity index (χ3n) is 4.75. The first-order chi connectivity index (χ1) is 12.8. The number of nitrogens with zero attached hydrogens (tertiary/aromatic N) is 3. The van der Waals surface area contributed by atoms with E-state index in [2.05, 4.69) is 26.6 Å². The van der Waals surface area contributed by atoms with Gasteiger partial charge in [0.25, 0.3) is 10.0 Å². The molecule has 1 fully saturated rings. The van der Waals surface area contributed by atoms with Crippen LogP contribution in [0.25, 0.3) is 15.7 Å². The molecule has 2 N–H and O–H groups in total. The van der Waals surface area contributed by atoms with Crippen molar-refractivity contribution in [1.82, 2.24) is 14.8 Å². The number of anilines is 1. The van der Waals surface area contributed by atoms with Crippen LogP contribution in [0.15, 0.2) is 35.6 Å². The van der Waals surface area contributed by atoms with Crippen molar-refractivity contribution >= 4 is 32.3 Å². The Kier molecular flexibility index (Phi) is 3.98. The third kappa shape index (κ3) is 3.07. The highest BCUT2D eigenvalue weighted by Gasteiger charge is 2.34. The predicted octanol–water partition coefficient (Wildman–Crippen LogP) is 3.06. The Morgan fingerprint density at radius 2 is 2.22 bits per heavy atom. The fourth-order valence-corrected chi connectivity index (χ4v) is 4.30. The number of fused-ring (bicyclic) bond motifs is 1. The molecule has 1 saturated heterocycles. The van der Waals surface area contributed by atoms with Gasteiger partial charge < -0.3 is 9.72 Å². The molecular formula is C18H19N5O3S. The molecule has 4 rings (SSSR count). The zero-order chi connectivity index (χ0) is 19.2. The van der Waals surface area contributed by atoms with Gasteiger partial charge >= 0.3 is 0 Å². The zero-order valence-corrected chi connectivity index (χ0v) is 15.8. The first-order valence-corrected chi connectivity index (χ1v) is 9.91. The molecule has 1 aliphatic heterocycles. The Hall–Kier alpha value is -2.83. The lowest BCUT2D eigenvalue weighted by Crippen LogP contribution is -2.43. The lowest BCUT2D eigenvalue weighted by Gasteiger charge is -2.37. The van der Waals surface area contributed by atoms with Crippen LogP contribution in [-0.2, 0) is 21.3 Å². The summed E-state index contributed by atoms with van der Waals surface area (Å²) in [4.78, 5) is 6.58. The van der Waals surface area contributed by atoms with Crippen molar-refractivity contribution in [3.8, 4) is 0 Å². The van der Waals surface area contributed by atoms with E-state index in [9.17, 15) is 8.42 Å². The van der Waals surface area contributed by atoms with Gasteiger partial charge in [-0.25, -0.2) is 13.3 Å². The zero-order valence-electron chi connectivity index (χ0n) is 15.0. The number of ether oxygens (including phenoxy) is 1. The first-order valence-electron chi connectivity index (χ1n) is 8.42. The van der Waals surface area contributed by atoms with E-state index in [0.717, 1.165) is 10.9 Å². The van der Waals surface area contributed by atoms with E-state index in [-0.39, 0.29) is 10.3 Å². The molecule has 8 nitrogen and oxygen atoms in total. The molecule has 0 unspecified atom stereocenters. The van der Waals surface area contributed by atoms with Crippen LogP contribution in [-0.4, -0.2) is 36.4 Å². The van der Waals surface area contributed by atoms with Crippen LogP contribution >= 0.6 is 0 Å². The Labute approximate surface area is 157 Å². The highest BCUT2D eigenvalue weighted by Crippen LogP contribution is 2.34. The second kappa shape index (κ2) is 6.11. The molecule has 0 aliphatic carbocycles. The maximum absolute atomic E-state index is 12.8. The molecule has 0 amide bonds. The smallest absolute Gasteiger partial charge is 0.265 e. The number of hydrogen-bond donors (Lipinski definition) is 2. The average molecular weight is 385 g/mol. The highest BCUT2D eigenvalue weighted by molar-refractivity contribution is 7.92.